The van der Waals surface area contributed by atoms with E-state index in [1.807, 2.05) is 0 Å². The van der Waals surface area contributed by atoms with E-state index in [9.17, 15) is 22.4 Å². The smallest absolute Gasteiger partial charge is 0.323 e. The number of aliphatic carboxylic acids is 1. The fourth-order valence-corrected chi connectivity index (χ4v) is 3.97. The average Bonchev–Trinajstić information content (AvgIpc) is 2.76. The highest BCUT2D eigenvalue weighted by molar-refractivity contribution is 7.91. The van der Waals surface area contributed by atoms with Gasteiger partial charge in [0, 0.05) is 12.2 Å². The van der Waals surface area contributed by atoms with E-state index in [1.165, 1.54) is 6.20 Å². The number of aromatic nitrogens is 1. The van der Waals surface area contributed by atoms with Crippen molar-refractivity contribution in [3.05, 3.63) is 29.8 Å². The number of hydrogen-bond donors (Lipinski definition) is 1. The molecule has 0 bridgehead atoms. The second-order valence-corrected chi connectivity index (χ2v) is 6.97. The molecule has 2 heterocycles. The van der Waals surface area contributed by atoms with Gasteiger partial charge in [-0.3, -0.25) is 14.6 Å². The van der Waals surface area contributed by atoms with Gasteiger partial charge < -0.3 is 10.0 Å². The monoisotopic (exact) mass is 316 g/mol. The van der Waals surface area contributed by atoms with Crippen molar-refractivity contribution in [2.45, 2.75) is 12.5 Å². The van der Waals surface area contributed by atoms with Gasteiger partial charge in [-0.05, 0) is 12.5 Å². The first-order chi connectivity index (χ1) is 9.80. The van der Waals surface area contributed by atoms with Gasteiger partial charge in [-0.1, -0.05) is 0 Å². The van der Waals surface area contributed by atoms with Crippen LogP contribution in [-0.4, -0.2) is 59.4 Å². The van der Waals surface area contributed by atoms with Crippen LogP contribution >= 0.6 is 0 Å². The summed E-state index contributed by atoms with van der Waals surface area (Å²) in [7, 11) is -3.30. The summed E-state index contributed by atoms with van der Waals surface area (Å²) in [6, 6.07) is 0.377. The zero-order valence-corrected chi connectivity index (χ0v) is 11.7. The van der Waals surface area contributed by atoms with Crippen LogP contribution in [0.1, 0.15) is 16.8 Å². The zero-order valence-electron chi connectivity index (χ0n) is 10.9. The molecule has 2 rings (SSSR count). The maximum Gasteiger partial charge on any atom is 0.323 e. The van der Waals surface area contributed by atoms with Crippen molar-refractivity contribution in [2.24, 2.45) is 0 Å². The lowest BCUT2D eigenvalue weighted by atomic mass is 10.1. The molecule has 1 amide bonds. The summed E-state index contributed by atoms with van der Waals surface area (Å²) in [5.41, 5.74) is -0.324. The van der Waals surface area contributed by atoms with Gasteiger partial charge in [-0.2, -0.15) is 0 Å². The molecular weight excluding hydrogens is 303 g/mol. The fraction of sp³-hybridized carbons (Fsp3) is 0.417. The van der Waals surface area contributed by atoms with Crippen molar-refractivity contribution in [2.75, 3.05) is 18.1 Å². The van der Waals surface area contributed by atoms with Crippen molar-refractivity contribution < 1.29 is 27.5 Å². The second-order valence-electron chi connectivity index (χ2n) is 4.74. The van der Waals surface area contributed by atoms with Crippen LogP contribution in [0.4, 0.5) is 4.39 Å². The molecule has 1 atom stereocenters. The lowest BCUT2D eigenvalue weighted by Gasteiger charge is -2.26. The van der Waals surface area contributed by atoms with Gasteiger partial charge in [-0.15, -0.1) is 0 Å². The van der Waals surface area contributed by atoms with Gasteiger partial charge in [-0.25, -0.2) is 12.8 Å². The van der Waals surface area contributed by atoms with Crippen molar-refractivity contribution in [3.8, 4) is 0 Å². The molecule has 9 heteroatoms. The van der Waals surface area contributed by atoms with E-state index in [-0.39, 0.29) is 23.5 Å². The molecule has 21 heavy (non-hydrogen) atoms. The minimum Gasteiger partial charge on any atom is -0.480 e. The topological polar surface area (TPSA) is 105 Å². The highest BCUT2D eigenvalue weighted by Gasteiger charge is 2.36. The van der Waals surface area contributed by atoms with Crippen molar-refractivity contribution >= 4 is 21.7 Å². The molecule has 7 nitrogen and oxygen atoms in total. The Morgan fingerprint density at radius 3 is 2.71 bits per heavy atom. The van der Waals surface area contributed by atoms with E-state index in [0.29, 0.717) is 0 Å². The van der Waals surface area contributed by atoms with E-state index in [2.05, 4.69) is 4.98 Å². The Labute approximate surface area is 120 Å². The zero-order chi connectivity index (χ0) is 15.6. The van der Waals surface area contributed by atoms with E-state index >= 15 is 0 Å². The van der Waals surface area contributed by atoms with Crippen LogP contribution in [0.2, 0.25) is 0 Å². The number of carbonyl (C=O) groups is 2. The van der Waals surface area contributed by atoms with E-state index in [4.69, 9.17) is 5.11 Å². The Morgan fingerprint density at radius 1 is 1.48 bits per heavy atom. The van der Waals surface area contributed by atoms with Crippen LogP contribution in [-0.2, 0) is 14.6 Å². The molecule has 1 unspecified atom stereocenters. The molecule has 114 valence electrons. The SMILES string of the molecule is O=C(O)CN(C(=O)c1ccncc1F)C1CCS(=O)(=O)C1. The van der Waals surface area contributed by atoms with Gasteiger partial charge in [0.15, 0.2) is 15.7 Å². The summed E-state index contributed by atoms with van der Waals surface area (Å²) in [5.74, 6) is -3.43. The Balaban J connectivity index is 2.30. The first-order valence-electron chi connectivity index (χ1n) is 6.13. The van der Waals surface area contributed by atoms with Crippen molar-refractivity contribution in [1.82, 2.24) is 9.88 Å². The van der Waals surface area contributed by atoms with Crippen LogP contribution in [0.5, 0.6) is 0 Å². The maximum absolute atomic E-state index is 13.6. The molecule has 1 aromatic rings. The average molecular weight is 316 g/mol. The number of halogens is 1. The number of pyridine rings is 1. The molecule has 1 N–H and O–H groups in total. The number of carbonyl (C=O) groups excluding carboxylic acids is 1. The normalized spacial score (nSPS) is 20.1. The summed E-state index contributed by atoms with van der Waals surface area (Å²) in [4.78, 5) is 27.6. The molecule has 0 aromatic carbocycles. The molecule has 1 aliphatic heterocycles. The first-order valence-corrected chi connectivity index (χ1v) is 7.95. The summed E-state index contributed by atoms with van der Waals surface area (Å²) >= 11 is 0. The minimum atomic E-state index is -3.30. The van der Waals surface area contributed by atoms with Gasteiger partial charge in [0.2, 0.25) is 0 Å². The number of rotatable bonds is 4. The third-order valence-electron chi connectivity index (χ3n) is 3.22. The van der Waals surface area contributed by atoms with Crippen LogP contribution in [0, 0.1) is 5.82 Å². The quantitative estimate of drug-likeness (QED) is 0.834. The number of amides is 1. The van der Waals surface area contributed by atoms with E-state index in [0.717, 1.165) is 17.2 Å². The summed E-state index contributed by atoms with van der Waals surface area (Å²) in [5, 5.41) is 8.89. The lowest BCUT2D eigenvalue weighted by molar-refractivity contribution is -0.138. The third kappa shape index (κ3) is 3.54. The highest BCUT2D eigenvalue weighted by atomic mass is 32.2. The van der Waals surface area contributed by atoms with Crippen LogP contribution in [0.25, 0.3) is 0 Å². The molecule has 1 saturated heterocycles. The Morgan fingerprint density at radius 2 is 2.19 bits per heavy atom. The predicted octanol–water partition coefficient (Wildman–Crippen LogP) is -0.0654. The third-order valence-corrected chi connectivity index (χ3v) is 4.97. The predicted molar refractivity (Wildman–Crippen MR) is 69.9 cm³/mol. The molecule has 0 saturated carbocycles. The van der Waals surface area contributed by atoms with E-state index < -0.39 is 40.1 Å². The molecular formula is C12H13FN2O5S. The Bertz CT molecular complexity index is 676. The Kier molecular flexibility index (Phi) is 4.21. The minimum absolute atomic E-state index is 0.111. The molecule has 1 aromatic heterocycles. The molecule has 1 fully saturated rings. The largest absolute Gasteiger partial charge is 0.480 e. The summed E-state index contributed by atoms with van der Waals surface area (Å²) in [6.45, 7) is -0.680. The summed E-state index contributed by atoms with van der Waals surface area (Å²) in [6.07, 6.45) is 2.20. The second kappa shape index (κ2) is 5.76. The van der Waals surface area contributed by atoms with Gasteiger partial charge in [0.05, 0.1) is 23.3 Å². The lowest BCUT2D eigenvalue weighted by Crippen LogP contribution is -2.44. The number of hydrogen-bond acceptors (Lipinski definition) is 5. The first kappa shape index (κ1) is 15.4. The molecule has 0 aliphatic carbocycles. The van der Waals surface area contributed by atoms with Crippen LogP contribution in [0.3, 0.4) is 0 Å². The van der Waals surface area contributed by atoms with Gasteiger partial charge >= 0.3 is 5.97 Å². The number of carboxylic acids is 1. The number of sulfone groups is 1. The standard InChI is InChI=1S/C12H13FN2O5S/c13-10-5-14-3-1-9(10)12(18)15(6-11(16)17)8-2-4-21(19,20)7-8/h1,3,5,8H,2,4,6-7H2,(H,16,17). The number of carboxylic acid groups (broad SMARTS) is 1. The molecule has 0 radical (unpaired) electrons. The maximum atomic E-state index is 13.6. The van der Waals surface area contributed by atoms with Crippen LogP contribution in [0.15, 0.2) is 18.5 Å². The highest BCUT2D eigenvalue weighted by Crippen LogP contribution is 2.20. The van der Waals surface area contributed by atoms with Crippen molar-refractivity contribution in [3.63, 3.8) is 0 Å². The van der Waals surface area contributed by atoms with Crippen molar-refractivity contribution in [1.29, 1.82) is 0 Å². The summed E-state index contributed by atoms with van der Waals surface area (Å²) < 4.78 is 36.6. The Hall–Kier alpha value is -2.03. The van der Waals surface area contributed by atoms with Crippen LogP contribution < -0.4 is 0 Å². The molecule has 1 aliphatic rings. The number of nitrogens with zero attached hydrogens (tertiary/aromatic N) is 2. The van der Waals surface area contributed by atoms with Gasteiger partial charge in [0.1, 0.15) is 6.54 Å². The molecule has 0 spiro atoms. The fourth-order valence-electron chi connectivity index (χ4n) is 2.24. The van der Waals surface area contributed by atoms with E-state index in [1.54, 1.807) is 0 Å². The van der Waals surface area contributed by atoms with Gasteiger partial charge in [0.25, 0.3) is 5.91 Å².